The van der Waals surface area contributed by atoms with E-state index in [4.69, 9.17) is 9.84 Å². The first-order chi connectivity index (χ1) is 9.71. The first-order valence-corrected chi connectivity index (χ1v) is 7.97. The van der Waals surface area contributed by atoms with Crippen LogP contribution in [0.3, 0.4) is 0 Å². The Hall–Kier alpha value is -1.04. The van der Waals surface area contributed by atoms with Gasteiger partial charge >= 0.3 is 5.97 Å². The molecule has 0 heterocycles. The second-order valence-electron chi connectivity index (χ2n) is 4.37. The fourth-order valence-corrected chi connectivity index (χ4v) is 3.16. The second-order valence-corrected chi connectivity index (χ2v) is 5.48. The van der Waals surface area contributed by atoms with Gasteiger partial charge in [0, 0.05) is 12.4 Å². The summed E-state index contributed by atoms with van der Waals surface area (Å²) in [6, 6.07) is 9.62. The molecule has 0 aliphatic rings. The molecule has 0 amide bonds. The number of thioether (sulfide) groups is 1. The van der Waals surface area contributed by atoms with Gasteiger partial charge in [-0.25, -0.2) is 4.79 Å². The minimum Gasteiger partial charge on any atom is -0.464 e. The quantitative estimate of drug-likeness (QED) is 0.537. The van der Waals surface area contributed by atoms with Gasteiger partial charge in [0.05, 0.1) is 6.61 Å². The highest BCUT2D eigenvalue weighted by Gasteiger charge is 2.40. The Bertz CT molecular complexity index is 399. The van der Waals surface area contributed by atoms with E-state index in [1.54, 1.807) is 18.8 Å². The lowest BCUT2D eigenvalue weighted by atomic mass is 9.92. The molecule has 0 aliphatic heterocycles. The predicted octanol–water partition coefficient (Wildman–Crippen LogP) is 1.78. The molecule has 0 aliphatic carbocycles. The summed E-state index contributed by atoms with van der Waals surface area (Å²) in [6.45, 7) is 2.34. The van der Waals surface area contributed by atoms with Crippen molar-refractivity contribution < 1.29 is 14.6 Å². The monoisotopic (exact) mass is 297 g/mol. The molecule has 0 saturated carbocycles. The van der Waals surface area contributed by atoms with Gasteiger partial charge < -0.3 is 15.2 Å². The molecular weight excluding hydrogens is 274 g/mol. The molecule has 0 aromatic heterocycles. The average Bonchev–Trinajstić information content (AvgIpc) is 2.49. The summed E-state index contributed by atoms with van der Waals surface area (Å²) in [5.41, 5.74) is 0.0645. The molecule has 0 bridgehead atoms. The van der Waals surface area contributed by atoms with Crippen molar-refractivity contribution in [2.45, 2.75) is 18.9 Å². The molecule has 1 aromatic carbocycles. The van der Waals surface area contributed by atoms with Crippen LogP contribution in [0, 0.1) is 0 Å². The Morgan fingerprint density at radius 3 is 2.65 bits per heavy atom. The first kappa shape index (κ1) is 17.0. The van der Waals surface area contributed by atoms with E-state index in [-0.39, 0.29) is 12.6 Å². The van der Waals surface area contributed by atoms with Gasteiger partial charge in [-0.1, -0.05) is 30.3 Å². The molecule has 1 unspecified atom stereocenters. The highest BCUT2D eigenvalue weighted by Crippen LogP contribution is 2.27. The molecule has 4 nitrogen and oxygen atoms in total. The van der Waals surface area contributed by atoms with E-state index in [2.05, 4.69) is 5.32 Å². The zero-order valence-electron chi connectivity index (χ0n) is 12.1. The first-order valence-electron chi connectivity index (χ1n) is 6.81. The number of ether oxygens (including phenoxy) is 1. The molecule has 1 aromatic rings. The van der Waals surface area contributed by atoms with Crippen LogP contribution in [-0.4, -0.2) is 42.8 Å². The van der Waals surface area contributed by atoms with Gasteiger partial charge in [0.2, 0.25) is 0 Å². The topological polar surface area (TPSA) is 58.6 Å². The van der Waals surface area contributed by atoms with E-state index in [0.29, 0.717) is 12.4 Å². The zero-order valence-corrected chi connectivity index (χ0v) is 12.9. The maximum absolute atomic E-state index is 12.4. The number of likely N-dealkylation sites (N-methyl/N-ethyl adjacent to an activating group) is 1. The average molecular weight is 297 g/mol. The molecule has 2 N–H and O–H groups in total. The third-order valence-electron chi connectivity index (χ3n) is 3.08. The molecule has 0 radical (unpaired) electrons. The number of rotatable bonds is 9. The van der Waals surface area contributed by atoms with Crippen LogP contribution in [0.2, 0.25) is 0 Å². The van der Waals surface area contributed by atoms with Crippen molar-refractivity contribution in [3.05, 3.63) is 35.9 Å². The van der Waals surface area contributed by atoms with Crippen molar-refractivity contribution >= 4 is 17.7 Å². The van der Waals surface area contributed by atoms with Crippen LogP contribution >= 0.6 is 11.8 Å². The molecule has 0 fully saturated rings. The van der Waals surface area contributed by atoms with Crippen LogP contribution in [-0.2, 0) is 15.1 Å². The fraction of sp³-hybridized carbons (Fsp3) is 0.533. The van der Waals surface area contributed by atoms with Crippen LogP contribution in [0.1, 0.15) is 18.9 Å². The standard InChI is InChI=1S/C15H23NO3S/c1-3-19-14(18)15(16-2,12-20-11-7-10-17)13-8-5-4-6-9-13/h4-6,8-9,16-17H,3,7,10-12H2,1-2H3. The Labute approximate surface area is 124 Å². The summed E-state index contributed by atoms with van der Waals surface area (Å²) in [7, 11) is 1.77. The second kappa shape index (κ2) is 9.00. The van der Waals surface area contributed by atoms with E-state index in [1.807, 2.05) is 37.3 Å². The summed E-state index contributed by atoms with van der Waals surface area (Å²) in [6.07, 6.45) is 0.724. The number of carbonyl (C=O) groups is 1. The summed E-state index contributed by atoms with van der Waals surface area (Å²) in [5, 5.41) is 12.0. The third-order valence-corrected chi connectivity index (χ3v) is 4.30. The lowest BCUT2D eigenvalue weighted by Gasteiger charge is -2.31. The smallest absolute Gasteiger partial charge is 0.331 e. The zero-order chi connectivity index (χ0) is 14.8. The van der Waals surface area contributed by atoms with Gasteiger partial charge in [-0.3, -0.25) is 0 Å². The number of nitrogens with one attached hydrogen (secondary N) is 1. The van der Waals surface area contributed by atoms with Gasteiger partial charge in [0.1, 0.15) is 0 Å². The van der Waals surface area contributed by atoms with Gasteiger partial charge in [-0.15, -0.1) is 0 Å². The number of benzene rings is 1. The number of aliphatic hydroxyl groups is 1. The van der Waals surface area contributed by atoms with E-state index in [0.717, 1.165) is 17.7 Å². The Kier molecular flexibility index (Phi) is 7.65. The van der Waals surface area contributed by atoms with Crippen LogP contribution in [0.5, 0.6) is 0 Å². The largest absolute Gasteiger partial charge is 0.464 e. The highest BCUT2D eigenvalue weighted by molar-refractivity contribution is 7.99. The molecule has 0 saturated heterocycles. The van der Waals surface area contributed by atoms with Crippen molar-refractivity contribution in [2.24, 2.45) is 0 Å². The van der Waals surface area contributed by atoms with E-state index in [9.17, 15) is 4.79 Å². The van der Waals surface area contributed by atoms with E-state index in [1.165, 1.54) is 0 Å². The minimum atomic E-state index is -0.836. The normalized spacial score (nSPS) is 13.8. The molecule has 5 heteroatoms. The molecule has 20 heavy (non-hydrogen) atoms. The summed E-state index contributed by atoms with van der Waals surface area (Å²) >= 11 is 1.64. The van der Waals surface area contributed by atoms with Crippen molar-refractivity contribution in [2.75, 3.05) is 31.8 Å². The number of aliphatic hydroxyl groups excluding tert-OH is 1. The Morgan fingerprint density at radius 2 is 2.10 bits per heavy atom. The predicted molar refractivity (Wildman–Crippen MR) is 82.8 cm³/mol. The molecule has 112 valence electrons. The lowest BCUT2D eigenvalue weighted by Crippen LogP contribution is -2.50. The van der Waals surface area contributed by atoms with Gasteiger partial charge in [-0.2, -0.15) is 11.8 Å². The maximum Gasteiger partial charge on any atom is 0.331 e. The molecule has 1 rings (SSSR count). The molecule has 0 spiro atoms. The van der Waals surface area contributed by atoms with Gasteiger partial charge in [0.25, 0.3) is 0 Å². The summed E-state index contributed by atoms with van der Waals surface area (Å²) < 4.78 is 5.25. The summed E-state index contributed by atoms with van der Waals surface area (Å²) in [5.74, 6) is 1.13. The number of hydrogen-bond donors (Lipinski definition) is 2. The maximum atomic E-state index is 12.4. The lowest BCUT2D eigenvalue weighted by molar-refractivity contribution is -0.150. The van der Waals surface area contributed by atoms with Crippen molar-refractivity contribution in [1.82, 2.24) is 5.32 Å². The minimum absolute atomic E-state index is 0.171. The highest BCUT2D eigenvalue weighted by atomic mass is 32.2. The van der Waals surface area contributed by atoms with E-state index < -0.39 is 5.54 Å². The summed E-state index contributed by atoms with van der Waals surface area (Å²) in [4.78, 5) is 12.4. The number of carbonyl (C=O) groups excluding carboxylic acids is 1. The van der Waals surface area contributed by atoms with Crippen molar-refractivity contribution in [3.63, 3.8) is 0 Å². The fourth-order valence-electron chi connectivity index (χ4n) is 1.95. The van der Waals surface area contributed by atoms with E-state index >= 15 is 0 Å². The number of hydrogen-bond acceptors (Lipinski definition) is 5. The van der Waals surface area contributed by atoms with Crippen LogP contribution in [0.15, 0.2) is 30.3 Å². The van der Waals surface area contributed by atoms with Crippen molar-refractivity contribution in [1.29, 1.82) is 0 Å². The van der Waals surface area contributed by atoms with Crippen LogP contribution < -0.4 is 5.32 Å². The third kappa shape index (κ3) is 4.23. The van der Waals surface area contributed by atoms with Crippen LogP contribution in [0.4, 0.5) is 0 Å². The molecular formula is C15H23NO3S. The Balaban J connectivity index is 2.94. The SMILES string of the molecule is CCOC(=O)C(CSCCCO)(NC)c1ccccc1. The molecule has 1 atom stereocenters. The van der Waals surface area contributed by atoms with Crippen LogP contribution in [0.25, 0.3) is 0 Å². The Morgan fingerprint density at radius 1 is 1.40 bits per heavy atom. The van der Waals surface area contributed by atoms with Gasteiger partial charge in [-0.05, 0) is 31.7 Å². The van der Waals surface area contributed by atoms with Gasteiger partial charge in [0.15, 0.2) is 5.54 Å². The number of esters is 1. The van der Waals surface area contributed by atoms with Crippen molar-refractivity contribution in [3.8, 4) is 0 Å².